The molecule has 0 N–H and O–H groups in total. The maximum atomic E-state index is 12.2. The number of hydrogen-bond donors (Lipinski definition) is 0. The van der Waals surface area contributed by atoms with E-state index in [-0.39, 0.29) is 18.2 Å². The van der Waals surface area contributed by atoms with Gasteiger partial charge in [0.25, 0.3) is 0 Å². The van der Waals surface area contributed by atoms with Crippen LogP contribution in [0.15, 0.2) is 12.1 Å². The lowest BCUT2D eigenvalue weighted by molar-refractivity contribution is -0.127. The van der Waals surface area contributed by atoms with Gasteiger partial charge in [-0.25, -0.2) is 0 Å². The van der Waals surface area contributed by atoms with E-state index in [9.17, 15) is 9.59 Å². The van der Waals surface area contributed by atoms with Crippen molar-refractivity contribution in [3.05, 3.63) is 21.9 Å². The van der Waals surface area contributed by atoms with Crippen molar-refractivity contribution in [3.8, 4) is 0 Å². The van der Waals surface area contributed by atoms with Crippen LogP contribution >= 0.6 is 11.3 Å². The predicted octanol–water partition coefficient (Wildman–Crippen LogP) is 3.14. The molecule has 1 saturated heterocycles. The van der Waals surface area contributed by atoms with Gasteiger partial charge in [0.05, 0.1) is 11.4 Å². The minimum atomic E-state index is 0.0789. The van der Waals surface area contributed by atoms with Crippen LogP contribution in [0.5, 0.6) is 0 Å². The highest BCUT2D eigenvalue weighted by atomic mass is 32.1. The van der Waals surface area contributed by atoms with Gasteiger partial charge in [-0.15, -0.1) is 11.3 Å². The number of Topliss-reactive ketones (excluding diaryl/α,β-unsaturated/α-hetero) is 1. The summed E-state index contributed by atoms with van der Waals surface area (Å²) in [6.07, 6.45) is 3.75. The van der Waals surface area contributed by atoms with Gasteiger partial charge < -0.3 is 4.90 Å². The predicted molar refractivity (Wildman–Crippen MR) is 77.6 cm³/mol. The Balaban J connectivity index is 1.93. The van der Waals surface area contributed by atoms with Crippen LogP contribution < -0.4 is 0 Å². The molecule has 2 rings (SSSR count). The van der Waals surface area contributed by atoms with E-state index in [1.165, 1.54) is 4.88 Å². The largest absolute Gasteiger partial charge is 0.335 e. The van der Waals surface area contributed by atoms with Crippen LogP contribution in [0.3, 0.4) is 0 Å². The first-order valence-corrected chi connectivity index (χ1v) is 7.85. The molecule has 4 heteroatoms. The average molecular weight is 279 g/mol. The van der Waals surface area contributed by atoms with E-state index in [2.05, 4.69) is 13.8 Å². The summed E-state index contributed by atoms with van der Waals surface area (Å²) in [5.74, 6) is 0.661. The second-order valence-corrected chi connectivity index (χ2v) is 6.34. The standard InChI is InChI=1S/C15H21NO2S/c1-3-5-11-8-15(18)16(9-11)10-13(17)14-7-6-12(4-2)19-14/h6-7,11H,3-5,8-10H2,1-2H3. The molecule has 1 atom stereocenters. The van der Waals surface area contributed by atoms with Gasteiger partial charge in [0.15, 0.2) is 5.78 Å². The zero-order valence-electron chi connectivity index (χ0n) is 11.6. The Morgan fingerprint density at radius 3 is 2.84 bits per heavy atom. The van der Waals surface area contributed by atoms with Crippen molar-refractivity contribution in [1.82, 2.24) is 4.90 Å². The highest BCUT2D eigenvalue weighted by molar-refractivity contribution is 7.14. The van der Waals surface area contributed by atoms with Gasteiger partial charge in [-0.3, -0.25) is 9.59 Å². The van der Waals surface area contributed by atoms with E-state index in [0.29, 0.717) is 12.3 Å². The van der Waals surface area contributed by atoms with E-state index < -0.39 is 0 Å². The fourth-order valence-electron chi connectivity index (χ4n) is 2.58. The second-order valence-electron chi connectivity index (χ2n) is 5.18. The third-order valence-corrected chi connectivity index (χ3v) is 4.88. The van der Waals surface area contributed by atoms with Gasteiger partial charge in [-0.1, -0.05) is 20.3 Å². The fraction of sp³-hybridized carbons (Fsp3) is 0.600. The van der Waals surface area contributed by atoms with Gasteiger partial charge in [-0.2, -0.15) is 0 Å². The maximum absolute atomic E-state index is 12.2. The second kappa shape index (κ2) is 6.33. The molecule has 0 bridgehead atoms. The Labute approximate surface area is 118 Å². The highest BCUT2D eigenvalue weighted by Crippen LogP contribution is 2.23. The molecule has 1 aliphatic rings. The fourth-order valence-corrected chi connectivity index (χ4v) is 3.45. The first-order valence-electron chi connectivity index (χ1n) is 7.03. The molecule has 2 heterocycles. The summed E-state index contributed by atoms with van der Waals surface area (Å²) in [6, 6.07) is 3.89. The van der Waals surface area contributed by atoms with E-state index in [4.69, 9.17) is 0 Å². The van der Waals surface area contributed by atoms with E-state index in [1.54, 1.807) is 16.2 Å². The first kappa shape index (κ1) is 14.3. The lowest BCUT2D eigenvalue weighted by Gasteiger charge is -2.15. The number of hydrogen-bond acceptors (Lipinski definition) is 3. The van der Waals surface area contributed by atoms with Crippen molar-refractivity contribution in [2.45, 2.75) is 39.5 Å². The zero-order chi connectivity index (χ0) is 13.8. The van der Waals surface area contributed by atoms with Gasteiger partial charge in [0, 0.05) is 17.8 Å². The van der Waals surface area contributed by atoms with Crippen LogP contribution in [0.1, 0.15) is 47.7 Å². The summed E-state index contributed by atoms with van der Waals surface area (Å²) in [5, 5.41) is 0. The minimum Gasteiger partial charge on any atom is -0.335 e. The molecule has 3 nitrogen and oxygen atoms in total. The molecule has 19 heavy (non-hydrogen) atoms. The third kappa shape index (κ3) is 3.44. The summed E-state index contributed by atoms with van der Waals surface area (Å²) in [6.45, 7) is 5.22. The van der Waals surface area contributed by atoms with Crippen LogP contribution in [0, 0.1) is 5.92 Å². The molecule has 0 saturated carbocycles. The highest BCUT2D eigenvalue weighted by Gasteiger charge is 2.30. The Morgan fingerprint density at radius 2 is 2.21 bits per heavy atom. The Bertz CT molecular complexity index is 466. The van der Waals surface area contributed by atoms with Crippen LogP contribution in [0.25, 0.3) is 0 Å². The zero-order valence-corrected chi connectivity index (χ0v) is 12.5. The number of carbonyl (C=O) groups is 2. The van der Waals surface area contributed by atoms with Crippen molar-refractivity contribution in [3.63, 3.8) is 0 Å². The summed E-state index contributed by atoms with van der Waals surface area (Å²) >= 11 is 1.55. The molecule has 1 aliphatic heterocycles. The SMILES string of the molecule is CCCC1CC(=O)N(CC(=O)c2ccc(CC)s2)C1. The van der Waals surface area contributed by atoms with Crippen molar-refractivity contribution < 1.29 is 9.59 Å². The molecular formula is C15H21NO2S. The van der Waals surface area contributed by atoms with Crippen LogP contribution in [0.2, 0.25) is 0 Å². The third-order valence-electron chi connectivity index (χ3n) is 3.61. The summed E-state index contributed by atoms with van der Waals surface area (Å²) in [4.78, 5) is 27.8. The number of amides is 1. The summed E-state index contributed by atoms with van der Waals surface area (Å²) < 4.78 is 0. The molecule has 1 aromatic heterocycles. The normalized spacial score (nSPS) is 19.2. The van der Waals surface area contributed by atoms with Gasteiger partial charge >= 0.3 is 0 Å². The molecule has 0 aromatic carbocycles. The lowest BCUT2D eigenvalue weighted by atomic mass is 10.0. The number of rotatable bonds is 6. The maximum Gasteiger partial charge on any atom is 0.223 e. The number of aryl methyl sites for hydroxylation is 1. The van der Waals surface area contributed by atoms with Gasteiger partial charge in [0.1, 0.15) is 0 Å². The Morgan fingerprint density at radius 1 is 1.42 bits per heavy atom. The van der Waals surface area contributed by atoms with Crippen molar-refractivity contribution in [1.29, 1.82) is 0 Å². The van der Waals surface area contributed by atoms with E-state index >= 15 is 0 Å². The number of thiophene rings is 1. The number of nitrogens with zero attached hydrogens (tertiary/aromatic N) is 1. The minimum absolute atomic E-state index is 0.0789. The summed E-state index contributed by atoms with van der Waals surface area (Å²) in [7, 11) is 0. The molecule has 1 fully saturated rings. The molecule has 0 aliphatic carbocycles. The van der Waals surface area contributed by atoms with Crippen molar-refractivity contribution in [2.24, 2.45) is 5.92 Å². The molecule has 1 aromatic rings. The first-order chi connectivity index (χ1) is 9.13. The van der Waals surface area contributed by atoms with Gasteiger partial charge in [0.2, 0.25) is 5.91 Å². The molecule has 1 amide bonds. The smallest absolute Gasteiger partial charge is 0.223 e. The van der Waals surface area contributed by atoms with E-state index in [1.807, 2.05) is 12.1 Å². The quantitative estimate of drug-likeness (QED) is 0.750. The van der Waals surface area contributed by atoms with Crippen LogP contribution in [0.4, 0.5) is 0 Å². The monoisotopic (exact) mass is 279 g/mol. The Hall–Kier alpha value is -1.16. The molecule has 104 valence electrons. The van der Waals surface area contributed by atoms with Gasteiger partial charge in [-0.05, 0) is 30.9 Å². The topological polar surface area (TPSA) is 37.4 Å². The number of carbonyl (C=O) groups excluding carboxylic acids is 2. The average Bonchev–Trinajstić information content (AvgIpc) is 2.97. The Kier molecular flexibility index (Phi) is 4.75. The number of ketones is 1. The van der Waals surface area contributed by atoms with Crippen LogP contribution in [-0.4, -0.2) is 29.7 Å². The molecular weight excluding hydrogens is 258 g/mol. The van der Waals surface area contributed by atoms with Crippen molar-refractivity contribution >= 4 is 23.0 Å². The molecule has 1 unspecified atom stereocenters. The summed E-state index contributed by atoms with van der Waals surface area (Å²) in [5.41, 5.74) is 0. The molecule has 0 radical (unpaired) electrons. The van der Waals surface area contributed by atoms with Crippen molar-refractivity contribution in [2.75, 3.05) is 13.1 Å². The number of likely N-dealkylation sites (tertiary alicyclic amines) is 1. The van der Waals surface area contributed by atoms with Crippen LogP contribution in [-0.2, 0) is 11.2 Å². The van der Waals surface area contributed by atoms with E-state index in [0.717, 1.165) is 30.7 Å². The molecule has 0 spiro atoms. The lowest BCUT2D eigenvalue weighted by Crippen LogP contribution is -2.31.